The average molecular weight is 316 g/mol. The minimum atomic E-state index is 0.619. The zero-order valence-electron chi connectivity index (χ0n) is 13.4. The largest absolute Gasteiger partial charge is 0.490 e. The summed E-state index contributed by atoms with van der Waals surface area (Å²) in [4.78, 5) is 0. The summed E-state index contributed by atoms with van der Waals surface area (Å²) in [6.07, 6.45) is 9.92. The predicted octanol–water partition coefficient (Wildman–Crippen LogP) is 5.28. The fourth-order valence-electron chi connectivity index (χ4n) is 2.07. The number of rotatable bonds is 9. The predicted molar refractivity (Wildman–Crippen MR) is 93.5 cm³/mol. The van der Waals surface area contributed by atoms with Crippen molar-refractivity contribution >= 4 is 11.3 Å². The highest BCUT2D eigenvalue weighted by molar-refractivity contribution is 7.14. The molecule has 0 aliphatic rings. The Morgan fingerprint density at radius 2 is 1.86 bits per heavy atom. The molecule has 1 aromatic heterocycles. The van der Waals surface area contributed by atoms with Gasteiger partial charge in [0.25, 0.3) is 0 Å². The Kier molecular flexibility index (Phi) is 7.10. The minimum absolute atomic E-state index is 0.619. The monoisotopic (exact) mass is 316 g/mol. The highest BCUT2D eigenvalue weighted by Crippen LogP contribution is 2.26. The topological polar surface area (TPSA) is 35.0 Å². The molecule has 22 heavy (non-hydrogen) atoms. The SMILES string of the molecule is CC/C=C/COc1ccc(-c2nnc(CCCCC)s2)cc1. The Hall–Kier alpha value is -1.68. The van der Waals surface area contributed by atoms with Gasteiger partial charge >= 0.3 is 0 Å². The van der Waals surface area contributed by atoms with E-state index in [0.29, 0.717) is 6.61 Å². The van der Waals surface area contributed by atoms with Crippen molar-refractivity contribution in [3.8, 4) is 16.3 Å². The third-order valence-electron chi connectivity index (χ3n) is 3.31. The molecule has 118 valence electrons. The Balaban J connectivity index is 1.91. The number of nitrogens with zero attached hydrogens (tertiary/aromatic N) is 2. The van der Waals surface area contributed by atoms with E-state index in [1.807, 2.05) is 18.2 Å². The van der Waals surface area contributed by atoms with Crippen LogP contribution in [0.15, 0.2) is 36.4 Å². The summed E-state index contributed by atoms with van der Waals surface area (Å²) in [5.41, 5.74) is 1.11. The molecule has 1 aromatic carbocycles. The van der Waals surface area contributed by atoms with Crippen molar-refractivity contribution in [3.05, 3.63) is 41.4 Å². The summed E-state index contributed by atoms with van der Waals surface area (Å²) in [5, 5.41) is 10.7. The molecule has 0 bridgehead atoms. The third kappa shape index (κ3) is 5.26. The van der Waals surface area contributed by atoms with Crippen LogP contribution in [0.1, 0.15) is 44.5 Å². The maximum Gasteiger partial charge on any atom is 0.147 e. The highest BCUT2D eigenvalue weighted by atomic mass is 32.1. The van der Waals surface area contributed by atoms with Gasteiger partial charge in [-0.1, -0.05) is 50.2 Å². The fraction of sp³-hybridized carbons (Fsp3) is 0.444. The molecule has 0 saturated heterocycles. The molecule has 0 atom stereocenters. The lowest BCUT2D eigenvalue weighted by Crippen LogP contribution is -1.92. The van der Waals surface area contributed by atoms with Gasteiger partial charge in [-0.05, 0) is 37.1 Å². The van der Waals surface area contributed by atoms with E-state index >= 15 is 0 Å². The number of aryl methyl sites for hydroxylation is 1. The number of aromatic nitrogens is 2. The molecule has 0 N–H and O–H groups in total. The normalized spacial score (nSPS) is 11.2. The number of hydrogen-bond acceptors (Lipinski definition) is 4. The Labute approximate surface area is 137 Å². The molecule has 2 rings (SSSR count). The number of hydrogen-bond donors (Lipinski definition) is 0. The van der Waals surface area contributed by atoms with Gasteiger partial charge in [0.2, 0.25) is 0 Å². The van der Waals surface area contributed by atoms with Crippen LogP contribution in [-0.4, -0.2) is 16.8 Å². The number of allylic oxidation sites excluding steroid dienone is 1. The van der Waals surface area contributed by atoms with E-state index in [-0.39, 0.29) is 0 Å². The van der Waals surface area contributed by atoms with Crippen LogP contribution in [0, 0.1) is 0 Å². The third-order valence-corrected chi connectivity index (χ3v) is 4.34. The van der Waals surface area contributed by atoms with Crippen LogP contribution >= 0.6 is 11.3 Å². The fourth-order valence-corrected chi connectivity index (χ4v) is 2.96. The maximum absolute atomic E-state index is 5.65. The van der Waals surface area contributed by atoms with Crippen molar-refractivity contribution in [1.82, 2.24) is 10.2 Å². The highest BCUT2D eigenvalue weighted by Gasteiger charge is 2.06. The van der Waals surface area contributed by atoms with Crippen molar-refractivity contribution in [3.63, 3.8) is 0 Å². The zero-order chi connectivity index (χ0) is 15.6. The van der Waals surface area contributed by atoms with E-state index < -0.39 is 0 Å². The van der Waals surface area contributed by atoms with Crippen molar-refractivity contribution < 1.29 is 4.74 Å². The summed E-state index contributed by atoms with van der Waals surface area (Å²) in [6, 6.07) is 8.09. The van der Waals surface area contributed by atoms with E-state index in [1.165, 1.54) is 19.3 Å². The summed E-state index contributed by atoms with van der Waals surface area (Å²) >= 11 is 1.69. The van der Waals surface area contributed by atoms with Gasteiger partial charge in [-0.2, -0.15) is 0 Å². The van der Waals surface area contributed by atoms with Crippen LogP contribution in [0.3, 0.4) is 0 Å². The molecular weight excluding hydrogens is 292 g/mol. The van der Waals surface area contributed by atoms with Gasteiger partial charge in [0, 0.05) is 12.0 Å². The van der Waals surface area contributed by atoms with Crippen molar-refractivity contribution in [1.29, 1.82) is 0 Å². The van der Waals surface area contributed by atoms with Crippen LogP contribution in [-0.2, 0) is 6.42 Å². The average Bonchev–Trinajstić information content (AvgIpc) is 3.01. The lowest BCUT2D eigenvalue weighted by molar-refractivity contribution is 0.362. The number of benzene rings is 1. The smallest absolute Gasteiger partial charge is 0.147 e. The molecule has 1 heterocycles. The summed E-state index contributed by atoms with van der Waals surface area (Å²) in [5.74, 6) is 0.886. The second kappa shape index (κ2) is 9.36. The maximum atomic E-state index is 5.65. The van der Waals surface area contributed by atoms with E-state index in [9.17, 15) is 0 Å². The standard InChI is InChI=1S/C18H24N2OS/c1-3-5-7-9-17-19-20-18(22-17)15-10-12-16(13-11-15)21-14-8-6-4-2/h6,8,10-13H,3-5,7,9,14H2,1-2H3/b8-6+. The van der Waals surface area contributed by atoms with Crippen molar-refractivity contribution in [2.45, 2.75) is 46.0 Å². The van der Waals surface area contributed by atoms with Gasteiger partial charge in [-0.25, -0.2) is 0 Å². The van der Waals surface area contributed by atoms with Gasteiger partial charge in [-0.15, -0.1) is 10.2 Å². The molecule has 0 saturated carbocycles. The first kappa shape index (κ1) is 16.7. The van der Waals surface area contributed by atoms with Gasteiger partial charge in [0.15, 0.2) is 0 Å². The van der Waals surface area contributed by atoms with Gasteiger partial charge in [0.05, 0.1) is 0 Å². The summed E-state index contributed by atoms with van der Waals surface area (Å²) in [6.45, 7) is 4.95. The summed E-state index contributed by atoms with van der Waals surface area (Å²) < 4.78 is 5.65. The lowest BCUT2D eigenvalue weighted by Gasteiger charge is -2.03. The van der Waals surface area contributed by atoms with Crippen LogP contribution in [0.4, 0.5) is 0 Å². The molecule has 0 aliphatic carbocycles. The molecule has 0 unspecified atom stereocenters. The van der Waals surface area contributed by atoms with Crippen molar-refractivity contribution in [2.24, 2.45) is 0 Å². The number of unbranched alkanes of at least 4 members (excludes halogenated alkanes) is 2. The minimum Gasteiger partial charge on any atom is -0.490 e. The van der Waals surface area contributed by atoms with Gasteiger partial charge in [-0.3, -0.25) is 0 Å². The summed E-state index contributed by atoms with van der Waals surface area (Å²) in [7, 11) is 0. The van der Waals surface area contributed by atoms with Gasteiger partial charge in [0.1, 0.15) is 22.4 Å². The molecule has 0 fully saturated rings. The Morgan fingerprint density at radius 3 is 2.59 bits per heavy atom. The molecule has 4 heteroatoms. The van der Waals surface area contributed by atoms with Crippen LogP contribution in [0.2, 0.25) is 0 Å². The van der Waals surface area contributed by atoms with E-state index in [1.54, 1.807) is 11.3 Å². The molecule has 0 radical (unpaired) electrons. The molecular formula is C18H24N2OS. The molecule has 3 nitrogen and oxygen atoms in total. The quantitative estimate of drug-likeness (QED) is 0.466. The first-order valence-corrected chi connectivity index (χ1v) is 8.85. The Morgan fingerprint density at radius 1 is 1.05 bits per heavy atom. The number of ether oxygens (including phenoxy) is 1. The van der Waals surface area contributed by atoms with Crippen LogP contribution < -0.4 is 4.74 Å². The molecule has 0 amide bonds. The van der Waals surface area contributed by atoms with E-state index in [0.717, 1.165) is 34.2 Å². The second-order valence-corrected chi connectivity index (χ2v) is 6.24. The van der Waals surface area contributed by atoms with Crippen molar-refractivity contribution in [2.75, 3.05) is 6.61 Å². The van der Waals surface area contributed by atoms with Crippen LogP contribution in [0.5, 0.6) is 5.75 Å². The van der Waals surface area contributed by atoms with E-state index in [2.05, 4.69) is 42.3 Å². The zero-order valence-corrected chi connectivity index (χ0v) is 14.2. The van der Waals surface area contributed by atoms with Gasteiger partial charge < -0.3 is 4.74 Å². The Bertz CT molecular complexity index is 575. The molecule has 0 aliphatic heterocycles. The first-order chi connectivity index (χ1) is 10.8. The molecule has 2 aromatic rings. The van der Waals surface area contributed by atoms with E-state index in [4.69, 9.17) is 4.74 Å². The van der Waals surface area contributed by atoms with Crippen LogP contribution in [0.25, 0.3) is 10.6 Å². The molecule has 0 spiro atoms. The first-order valence-electron chi connectivity index (χ1n) is 8.04. The lowest BCUT2D eigenvalue weighted by atomic mass is 10.2. The second-order valence-electron chi connectivity index (χ2n) is 5.17.